The normalized spacial score (nSPS) is 10.0. The average Bonchev–Trinajstić information content (AvgIpc) is 2.74. The van der Waals surface area contributed by atoms with E-state index in [4.69, 9.17) is 6.57 Å². The molecule has 0 saturated heterocycles. The summed E-state index contributed by atoms with van der Waals surface area (Å²) in [5.74, 6) is 0. The molecule has 4 aromatic rings. The van der Waals surface area contributed by atoms with Gasteiger partial charge < -0.3 is 4.98 Å². The first-order valence-corrected chi connectivity index (χ1v) is 8.77. The summed E-state index contributed by atoms with van der Waals surface area (Å²) in [5, 5.41) is 0. The molecule has 0 aliphatic rings. The van der Waals surface area contributed by atoms with Gasteiger partial charge in [-0.15, -0.1) is 35.4 Å². The van der Waals surface area contributed by atoms with Crippen molar-refractivity contribution in [3.8, 4) is 33.5 Å². The van der Waals surface area contributed by atoms with Gasteiger partial charge in [-0.3, -0.25) is 0 Å². The van der Waals surface area contributed by atoms with Crippen LogP contribution in [0.25, 0.3) is 38.4 Å². The standard InChI is InChI=1S/C25H17N2.Ir/c1-18-14-25(27-17-24(18)21-11-7-13-23(16-21)26-2)22-12-6-10-20(15-22)19-8-4-3-5-9-19;/h3-11,13-17H,1H3;/q-1;. The Morgan fingerprint density at radius 3 is 2.39 bits per heavy atom. The summed E-state index contributed by atoms with van der Waals surface area (Å²) < 4.78 is 0. The summed E-state index contributed by atoms with van der Waals surface area (Å²) in [6.07, 6.45) is 1.89. The molecule has 0 aliphatic carbocycles. The Balaban J connectivity index is 0.00000225. The van der Waals surface area contributed by atoms with Gasteiger partial charge in [0.2, 0.25) is 0 Å². The molecule has 1 radical (unpaired) electrons. The first-order chi connectivity index (χ1) is 13.2. The second-order valence-corrected chi connectivity index (χ2v) is 6.40. The predicted molar refractivity (Wildman–Crippen MR) is 110 cm³/mol. The van der Waals surface area contributed by atoms with Gasteiger partial charge in [0.05, 0.1) is 6.57 Å². The predicted octanol–water partition coefficient (Wildman–Crippen LogP) is 6.74. The van der Waals surface area contributed by atoms with Crippen LogP contribution in [0.5, 0.6) is 0 Å². The molecule has 0 atom stereocenters. The van der Waals surface area contributed by atoms with E-state index in [2.05, 4.69) is 53.2 Å². The zero-order chi connectivity index (χ0) is 18.6. The molecule has 4 rings (SSSR count). The van der Waals surface area contributed by atoms with Crippen LogP contribution in [0.4, 0.5) is 5.69 Å². The molecular weight excluding hydrogens is 521 g/mol. The van der Waals surface area contributed by atoms with Crippen molar-refractivity contribution >= 4 is 5.69 Å². The van der Waals surface area contributed by atoms with Gasteiger partial charge in [-0.25, -0.2) is 4.85 Å². The third-order valence-electron chi connectivity index (χ3n) is 4.58. The van der Waals surface area contributed by atoms with Gasteiger partial charge in [-0.05, 0) is 40.9 Å². The number of pyridine rings is 1. The SMILES string of the molecule is [C-]#[N+]c1cccc(-c2cnc(-c3[c-]ccc(-c4ccccc4)c3)cc2C)c1.[Ir]. The van der Waals surface area contributed by atoms with E-state index < -0.39 is 0 Å². The van der Waals surface area contributed by atoms with E-state index in [-0.39, 0.29) is 20.1 Å². The van der Waals surface area contributed by atoms with Crippen molar-refractivity contribution < 1.29 is 20.1 Å². The van der Waals surface area contributed by atoms with Crippen LogP contribution in [0.2, 0.25) is 0 Å². The van der Waals surface area contributed by atoms with E-state index in [1.165, 1.54) is 5.56 Å². The molecule has 3 aromatic carbocycles. The number of aryl methyl sites for hydroxylation is 1. The molecule has 28 heavy (non-hydrogen) atoms. The van der Waals surface area contributed by atoms with Gasteiger partial charge >= 0.3 is 0 Å². The number of hydrogen-bond acceptors (Lipinski definition) is 1. The summed E-state index contributed by atoms with van der Waals surface area (Å²) in [6, 6.07) is 29.5. The smallest absolute Gasteiger partial charge is 0.187 e. The van der Waals surface area contributed by atoms with E-state index in [1.54, 1.807) is 0 Å². The molecule has 0 aliphatic heterocycles. The Kier molecular flexibility index (Phi) is 6.16. The fourth-order valence-electron chi connectivity index (χ4n) is 3.17. The molecular formula is C25H17IrN2-. The molecule has 137 valence electrons. The Morgan fingerprint density at radius 2 is 1.64 bits per heavy atom. The summed E-state index contributed by atoms with van der Waals surface area (Å²) in [4.78, 5) is 8.18. The molecule has 0 fully saturated rings. The van der Waals surface area contributed by atoms with Crippen molar-refractivity contribution in [3.63, 3.8) is 0 Å². The summed E-state index contributed by atoms with van der Waals surface area (Å²) in [5.41, 5.74) is 8.03. The van der Waals surface area contributed by atoms with Gasteiger partial charge in [0.15, 0.2) is 5.69 Å². The zero-order valence-corrected chi connectivity index (χ0v) is 17.7. The minimum Gasteiger partial charge on any atom is -0.304 e. The minimum atomic E-state index is 0. The maximum atomic E-state index is 7.20. The number of benzene rings is 3. The first-order valence-electron chi connectivity index (χ1n) is 8.77. The van der Waals surface area contributed by atoms with Crippen LogP contribution in [0, 0.1) is 19.6 Å². The largest absolute Gasteiger partial charge is 0.304 e. The van der Waals surface area contributed by atoms with Crippen LogP contribution in [-0.2, 0) is 20.1 Å². The Hall–Kier alpha value is -3.05. The van der Waals surface area contributed by atoms with E-state index in [0.29, 0.717) is 5.69 Å². The molecule has 0 bridgehead atoms. The number of nitrogens with zero attached hydrogens (tertiary/aromatic N) is 2. The number of aromatic nitrogens is 1. The minimum absolute atomic E-state index is 0. The second kappa shape index (κ2) is 8.76. The monoisotopic (exact) mass is 538 g/mol. The first kappa shape index (κ1) is 19.7. The topological polar surface area (TPSA) is 17.2 Å². The summed E-state index contributed by atoms with van der Waals surface area (Å²) in [6.45, 7) is 9.27. The third-order valence-corrected chi connectivity index (χ3v) is 4.58. The Bertz CT molecular complexity index is 1140. The van der Waals surface area contributed by atoms with Crippen LogP contribution in [-0.4, -0.2) is 4.98 Å². The quantitative estimate of drug-likeness (QED) is 0.265. The van der Waals surface area contributed by atoms with Crippen molar-refractivity contribution in [2.75, 3.05) is 0 Å². The van der Waals surface area contributed by atoms with Crippen LogP contribution in [0.3, 0.4) is 0 Å². The maximum Gasteiger partial charge on any atom is 0.187 e. The molecule has 0 unspecified atom stereocenters. The molecule has 2 nitrogen and oxygen atoms in total. The molecule has 1 aromatic heterocycles. The van der Waals surface area contributed by atoms with Crippen molar-refractivity contribution in [2.45, 2.75) is 6.92 Å². The molecule has 0 spiro atoms. The average molecular weight is 538 g/mol. The fraction of sp³-hybridized carbons (Fsp3) is 0.0400. The van der Waals surface area contributed by atoms with E-state index in [1.807, 2.05) is 54.7 Å². The Labute approximate surface area is 179 Å². The fourth-order valence-corrected chi connectivity index (χ4v) is 3.17. The summed E-state index contributed by atoms with van der Waals surface area (Å²) >= 11 is 0. The zero-order valence-electron chi connectivity index (χ0n) is 15.3. The van der Waals surface area contributed by atoms with E-state index >= 15 is 0 Å². The summed E-state index contributed by atoms with van der Waals surface area (Å²) in [7, 11) is 0. The molecule has 0 N–H and O–H groups in total. The molecule has 0 saturated carbocycles. The van der Waals surface area contributed by atoms with Gasteiger partial charge in [0.25, 0.3) is 0 Å². The van der Waals surface area contributed by atoms with Crippen LogP contribution >= 0.6 is 0 Å². The van der Waals surface area contributed by atoms with Gasteiger partial charge in [0, 0.05) is 26.3 Å². The van der Waals surface area contributed by atoms with Crippen LogP contribution < -0.4 is 0 Å². The van der Waals surface area contributed by atoms with Crippen molar-refractivity contribution in [1.29, 1.82) is 0 Å². The number of rotatable bonds is 3. The van der Waals surface area contributed by atoms with Gasteiger partial charge in [-0.1, -0.05) is 54.6 Å². The molecule has 0 amide bonds. The third kappa shape index (κ3) is 4.10. The van der Waals surface area contributed by atoms with Crippen LogP contribution in [0.15, 0.2) is 85.1 Å². The molecule has 1 heterocycles. The van der Waals surface area contributed by atoms with Crippen molar-refractivity contribution in [2.24, 2.45) is 0 Å². The second-order valence-electron chi connectivity index (χ2n) is 6.40. The number of hydrogen-bond donors (Lipinski definition) is 0. The van der Waals surface area contributed by atoms with E-state index in [9.17, 15) is 0 Å². The Morgan fingerprint density at radius 1 is 0.857 bits per heavy atom. The maximum absolute atomic E-state index is 7.20. The van der Waals surface area contributed by atoms with Crippen molar-refractivity contribution in [3.05, 3.63) is 108 Å². The van der Waals surface area contributed by atoms with Crippen molar-refractivity contribution in [1.82, 2.24) is 4.98 Å². The molecule has 3 heteroatoms. The van der Waals surface area contributed by atoms with Gasteiger partial charge in [0.1, 0.15) is 0 Å². The van der Waals surface area contributed by atoms with E-state index in [0.717, 1.165) is 33.5 Å². The van der Waals surface area contributed by atoms with Crippen LogP contribution in [0.1, 0.15) is 5.56 Å². The van der Waals surface area contributed by atoms with Gasteiger partial charge in [-0.2, -0.15) is 0 Å².